The molecule has 0 fully saturated rings. The largest absolute Gasteiger partial charge is 0.390 e. The molecule has 0 aliphatic heterocycles. The van der Waals surface area contributed by atoms with Crippen LogP contribution in [-0.4, -0.2) is 22.2 Å². The molecule has 0 saturated heterocycles. The molecule has 4 nitrogen and oxygen atoms in total. The molecule has 1 aromatic rings. The maximum atomic E-state index is 10.6. The van der Waals surface area contributed by atoms with Crippen molar-refractivity contribution in [2.75, 3.05) is 0 Å². The van der Waals surface area contributed by atoms with E-state index in [2.05, 4.69) is 0 Å². The van der Waals surface area contributed by atoms with Gasteiger partial charge in [0.2, 0.25) is 5.91 Å². The first-order chi connectivity index (χ1) is 7.40. The quantitative estimate of drug-likeness (QED) is 0.698. The molecule has 0 aliphatic rings. The van der Waals surface area contributed by atoms with Gasteiger partial charge < -0.3 is 15.9 Å². The van der Waals surface area contributed by atoms with Crippen molar-refractivity contribution in [2.24, 2.45) is 5.73 Å². The summed E-state index contributed by atoms with van der Waals surface area (Å²) in [4.78, 5) is 10.6. The number of aliphatic hydroxyl groups is 2. The van der Waals surface area contributed by atoms with Gasteiger partial charge in [-0.25, -0.2) is 0 Å². The highest BCUT2D eigenvalue weighted by Gasteiger charge is 2.20. The maximum absolute atomic E-state index is 10.6. The third-order valence-corrected chi connectivity index (χ3v) is 2.36. The van der Waals surface area contributed by atoms with Gasteiger partial charge in [0.05, 0.1) is 12.5 Å². The van der Waals surface area contributed by atoms with Crippen LogP contribution in [0.2, 0.25) is 0 Å². The van der Waals surface area contributed by atoms with E-state index in [4.69, 9.17) is 5.73 Å². The summed E-state index contributed by atoms with van der Waals surface area (Å²) >= 11 is 0. The number of rotatable bonds is 4. The Balaban J connectivity index is 2.86. The zero-order valence-corrected chi connectivity index (χ0v) is 9.47. The minimum Gasteiger partial charge on any atom is -0.390 e. The van der Waals surface area contributed by atoms with Crippen molar-refractivity contribution in [3.05, 3.63) is 34.9 Å². The number of aliphatic hydroxyl groups excluding tert-OH is 2. The van der Waals surface area contributed by atoms with E-state index in [9.17, 15) is 15.0 Å². The number of hydrogen-bond donors (Lipinski definition) is 3. The van der Waals surface area contributed by atoms with Gasteiger partial charge in [0.1, 0.15) is 6.10 Å². The highest BCUT2D eigenvalue weighted by atomic mass is 16.3. The van der Waals surface area contributed by atoms with E-state index in [1.807, 2.05) is 19.9 Å². The van der Waals surface area contributed by atoms with Gasteiger partial charge in [-0.15, -0.1) is 0 Å². The van der Waals surface area contributed by atoms with E-state index in [1.165, 1.54) is 0 Å². The van der Waals surface area contributed by atoms with Crippen LogP contribution in [0, 0.1) is 13.8 Å². The Morgan fingerprint density at radius 3 is 2.19 bits per heavy atom. The molecular formula is C12H17NO3. The van der Waals surface area contributed by atoms with Crippen molar-refractivity contribution >= 4 is 5.91 Å². The molecule has 0 bridgehead atoms. The summed E-state index contributed by atoms with van der Waals surface area (Å²) in [5.74, 6) is -0.629. The topological polar surface area (TPSA) is 83.6 Å². The Morgan fingerprint density at radius 1 is 1.25 bits per heavy atom. The van der Waals surface area contributed by atoms with Crippen LogP contribution in [-0.2, 0) is 4.79 Å². The molecule has 0 aliphatic carbocycles. The summed E-state index contributed by atoms with van der Waals surface area (Å²) in [7, 11) is 0. The molecule has 1 aromatic carbocycles. The SMILES string of the molecule is Cc1cc(C)cc(C(O)C(O)CC(N)=O)c1. The standard InChI is InChI=1S/C12H17NO3/c1-7-3-8(2)5-9(4-7)12(16)10(14)6-11(13)15/h3-5,10,12,14,16H,6H2,1-2H3,(H2,13,15). The summed E-state index contributed by atoms with van der Waals surface area (Å²) in [6.07, 6.45) is -2.47. The lowest BCUT2D eigenvalue weighted by Crippen LogP contribution is -2.25. The molecule has 0 heterocycles. The third kappa shape index (κ3) is 3.32. The van der Waals surface area contributed by atoms with Crippen molar-refractivity contribution in [2.45, 2.75) is 32.5 Å². The first kappa shape index (κ1) is 12.7. The van der Waals surface area contributed by atoms with Crippen molar-refractivity contribution in [1.82, 2.24) is 0 Å². The van der Waals surface area contributed by atoms with Crippen molar-refractivity contribution in [1.29, 1.82) is 0 Å². The van der Waals surface area contributed by atoms with E-state index in [0.717, 1.165) is 11.1 Å². The number of carbonyl (C=O) groups excluding carboxylic acids is 1. The van der Waals surface area contributed by atoms with Gasteiger partial charge in [0.25, 0.3) is 0 Å². The van der Waals surface area contributed by atoms with E-state index >= 15 is 0 Å². The fraction of sp³-hybridized carbons (Fsp3) is 0.417. The van der Waals surface area contributed by atoms with Gasteiger partial charge in [-0.05, 0) is 19.4 Å². The average Bonchev–Trinajstić information content (AvgIpc) is 2.13. The molecule has 16 heavy (non-hydrogen) atoms. The molecular weight excluding hydrogens is 206 g/mol. The maximum Gasteiger partial charge on any atom is 0.220 e. The van der Waals surface area contributed by atoms with Crippen LogP contribution in [0.1, 0.15) is 29.2 Å². The summed E-state index contributed by atoms with van der Waals surface area (Å²) < 4.78 is 0. The van der Waals surface area contributed by atoms with E-state index in [1.54, 1.807) is 12.1 Å². The molecule has 4 N–H and O–H groups in total. The highest BCUT2D eigenvalue weighted by Crippen LogP contribution is 2.21. The first-order valence-electron chi connectivity index (χ1n) is 5.13. The molecule has 88 valence electrons. The second kappa shape index (κ2) is 5.09. The molecule has 2 atom stereocenters. The molecule has 0 radical (unpaired) electrons. The molecule has 1 rings (SSSR count). The summed E-state index contributed by atoms with van der Waals surface area (Å²) in [5, 5.41) is 19.4. The lowest BCUT2D eigenvalue weighted by molar-refractivity contribution is -0.121. The van der Waals surface area contributed by atoms with Gasteiger partial charge in [0.15, 0.2) is 0 Å². The Morgan fingerprint density at radius 2 is 1.75 bits per heavy atom. The van der Waals surface area contributed by atoms with E-state index in [0.29, 0.717) is 5.56 Å². The Kier molecular flexibility index (Phi) is 4.04. The Labute approximate surface area is 94.7 Å². The fourth-order valence-electron chi connectivity index (χ4n) is 1.72. The van der Waals surface area contributed by atoms with Crippen LogP contribution in [0.3, 0.4) is 0 Å². The zero-order valence-electron chi connectivity index (χ0n) is 9.47. The lowest BCUT2D eigenvalue weighted by Gasteiger charge is -2.17. The second-order valence-electron chi connectivity index (χ2n) is 4.10. The number of nitrogens with two attached hydrogens (primary N) is 1. The summed E-state index contributed by atoms with van der Waals surface area (Å²) in [6, 6.07) is 5.53. The van der Waals surface area contributed by atoms with Crippen LogP contribution in [0.25, 0.3) is 0 Å². The van der Waals surface area contributed by atoms with Crippen LogP contribution in [0.15, 0.2) is 18.2 Å². The third-order valence-electron chi connectivity index (χ3n) is 2.36. The van der Waals surface area contributed by atoms with Crippen LogP contribution in [0.5, 0.6) is 0 Å². The fourth-order valence-corrected chi connectivity index (χ4v) is 1.72. The molecule has 2 unspecified atom stereocenters. The van der Waals surface area contributed by atoms with Crippen molar-refractivity contribution in [3.8, 4) is 0 Å². The number of primary amides is 1. The second-order valence-corrected chi connectivity index (χ2v) is 4.10. The minimum absolute atomic E-state index is 0.242. The number of carbonyl (C=O) groups is 1. The highest BCUT2D eigenvalue weighted by molar-refractivity contribution is 5.74. The Bertz CT molecular complexity index is 370. The monoisotopic (exact) mass is 223 g/mol. The molecule has 4 heteroatoms. The molecule has 0 saturated carbocycles. The Hall–Kier alpha value is -1.39. The summed E-state index contributed by atoms with van der Waals surface area (Å²) in [5.41, 5.74) is 7.56. The number of aryl methyl sites for hydroxylation is 2. The van der Waals surface area contributed by atoms with Crippen LogP contribution in [0.4, 0.5) is 0 Å². The lowest BCUT2D eigenvalue weighted by atomic mass is 9.98. The zero-order chi connectivity index (χ0) is 12.3. The smallest absolute Gasteiger partial charge is 0.220 e. The van der Waals surface area contributed by atoms with Crippen LogP contribution < -0.4 is 5.73 Å². The number of hydrogen-bond acceptors (Lipinski definition) is 3. The molecule has 0 aromatic heterocycles. The van der Waals surface area contributed by atoms with Gasteiger partial charge in [-0.1, -0.05) is 29.3 Å². The van der Waals surface area contributed by atoms with Gasteiger partial charge in [-0.2, -0.15) is 0 Å². The molecule has 0 spiro atoms. The van der Waals surface area contributed by atoms with Gasteiger partial charge in [0, 0.05) is 0 Å². The number of amides is 1. The van der Waals surface area contributed by atoms with Crippen molar-refractivity contribution < 1.29 is 15.0 Å². The van der Waals surface area contributed by atoms with Crippen LogP contribution >= 0.6 is 0 Å². The van der Waals surface area contributed by atoms with E-state index in [-0.39, 0.29) is 6.42 Å². The normalized spacial score (nSPS) is 14.5. The van der Waals surface area contributed by atoms with Gasteiger partial charge in [-0.3, -0.25) is 4.79 Å². The molecule has 1 amide bonds. The summed E-state index contributed by atoms with van der Waals surface area (Å²) in [6.45, 7) is 3.81. The van der Waals surface area contributed by atoms with Gasteiger partial charge >= 0.3 is 0 Å². The predicted octanol–water partition coefficient (Wildman–Crippen LogP) is 0.573. The van der Waals surface area contributed by atoms with E-state index < -0.39 is 18.1 Å². The average molecular weight is 223 g/mol. The van der Waals surface area contributed by atoms with Crippen molar-refractivity contribution in [3.63, 3.8) is 0 Å². The minimum atomic E-state index is -1.15. The number of benzene rings is 1. The first-order valence-corrected chi connectivity index (χ1v) is 5.13. The predicted molar refractivity (Wildman–Crippen MR) is 60.7 cm³/mol.